The van der Waals surface area contributed by atoms with Crippen LogP contribution >= 0.6 is 11.6 Å². The summed E-state index contributed by atoms with van der Waals surface area (Å²) in [5.74, 6) is 0.386. The quantitative estimate of drug-likeness (QED) is 0.838. The predicted molar refractivity (Wildman–Crippen MR) is 74.0 cm³/mol. The summed E-state index contributed by atoms with van der Waals surface area (Å²) in [5, 5.41) is 9.39. The zero-order valence-electron chi connectivity index (χ0n) is 11.1. The van der Waals surface area contributed by atoms with Gasteiger partial charge in [0.2, 0.25) is 10.0 Å². The Kier molecular flexibility index (Phi) is 5.61. The van der Waals surface area contributed by atoms with Crippen molar-refractivity contribution in [1.29, 1.82) is 0 Å². The van der Waals surface area contributed by atoms with Gasteiger partial charge in [-0.3, -0.25) is 0 Å². The molecule has 0 heterocycles. The Bertz CT molecular complexity index is 531. The van der Waals surface area contributed by atoms with Gasteiger partial charge in [-0.25, -0.2) is 13.1 Å². The van der Waals surface area contributed by atoms with Crippen LogP contribution in [0.15, 0.2) is 23.1 Å². The van der Waals surface area contributed by atoms with E-state index in [4.69, 9.17) is 16.3 Å². The average molecular weight is 308 g/mol. The van der Waals surface area contributed by atoms with Gasteiger partial charge in [-0.15, -0.1) is 0 Å². The topological polar surface area (TPSA) is 75.6 Å². The van der Waals surface area contributed by atoms with Crippen molar-refractivity contribution >= 4 is 21.6 Å². The first-order valence-electron chi connectivity index (χ1n) is 5.78. The molecular formula is C12H18ClNO4S. The number of aliphatic hydroxyl groups excluding tert-OH is 1. The second-order valence-electron chi connectivity index (χ2n) is 4.45. The van der Waals surface area contributed by atoms with Gasteiger partial charge < -0.3 is 9.84 Å². The van der Waals surface area contributed by atoms with Crippen molar-refractivity contribution in [2.75, 3.05) is 13.7 Å². The molecule has 108 valence electrons. The molecule has 0 aliphatic rings. The van der Waals surface area contributed by atoms with Crippen LogP contribution in [-0.4, -0.2) is 33.3 Å². The van der Waals surface area contributed by atoms with Crippen LogP contribution in [0.3, 0.4) is 0 Å². The highest BCUT2D eigenvalue weighted by molar-refractivity contribution is 7.89. The molecule has 0 spiro atoms. The van der Waals surface area contributed by atoms with Crippen molar-refractivity contribution in [3.63, 3.8) is 0 Å². The maximum absolute atomic E-state index is 12.1. The minimum Gasteiger partial charge on any atom is -0.495 e. The van der Waals surface area contributed by atoms with E-state index in [9.17, 15) is 13.5 Å². The molecule has 0 saturated carbocycles. The number of sulfonamides is 1. The van der Waals surface area contributed by atoms with Crippen LogP contribution in [0.25, 0.3) is 0 Å². The highest BCUT2D eigenvalue weighted by atomic mass is 35.5. The number of halogens is 1. The number of aliphatic hydroxyl groups is 1. The molecule has 19 heavy (non-hydrogen) atoms. The van der Waals surface area contributed by atoms with Gasteiger partial charge in [0.05, 0.1) is 23.6 Å². The molecule has 1 unspecified atom stereocenters. The maximum Gasteiger partial charge on any atom is 0.240 e. The third-order valence-electron chi connectivity index (χ3n) is 2.74. The van der Waals surface area contributed by atoms with E-state index in [1.165, 1.54) is 25.3 Å². The SMILES string of the molecule is COc1ccc(S(=O)(=O)NC(CO)C(C)C)cc1Cl. The third-order valence-corrected chi connectivity index (χ3v) is 4.52. The van der Waals surface area contributed by atoms with Gasteiger partial charge in [0.15, 0.2) is 0 Å². The van der Waals surface area contributed by atoms with Crippen molar-refractivity contribution in [3.8, 4) is 5.75 Å². The van der Waals surface area contributed by atoms with Crippen molar-refractivity contribution in [2.45, 2.75) is 24.8 Å². The fraction of sp³-hybridized carbons (Fsp3) is 0.500. The number of nitrogens with one attached hydrogen (secondary N) is 1. The molecule has 7 heteroatoms. The summed E-state index contributed by atoms with van der Waals surface area (Å²) in [7, 11) is -2.26. The second kappa shape index (κ2) is 6.56. The van der Waals surface area contributed by atoms with Gasteiger partial charge in [-0.2, -0.15) is 0 Å². The fourth-order valence-corrected chi connectivity index (χ4v) is 3.19. The first kappa shape index (κ1) is 16.2. The molecule has 0 amide bonds. The number of hydrogen-bond donors (Lipinski definition) is 2. The summed E-state index contributed by atoms with van der Waals surface area (Å²) in [6.07, 6.45) is 0. The second-order valence-corrected chi connectivity index (χ2v) is 6.57. The first-order chi connectivity index (χ1) is 8.81. The van der Waals surface area contributed by atoms with E-state index in [2.05, 4.69) is 4.72 Å². The summed E-state index contributed by atoms with van der Waals surface area (Å²) in [5.41, 5.74) is 0. The third kappa shape index (κ3) is 4.07. The van der Waals surface area contributed by atoms with Crippen molar-refractivity contribution in [2.24, 2.45) is 5.92 Å². The molecule has 1 aromatic carbocycles. The van der Waals surface area contributed by atoms with Crippen LogP contribution in [0.5, 0.6) is 5.75 Å². The smallest absolute Gasteiger partial charge is 0.240 e. The number of hydrogen-bond acceptors (Lipinski definition) is 4. The lowest BCUT2D eigenvalue weighted by molar-refractivity contribution is 0.227. The largest absolute Gasteiger partial charge is 0.495 e. The van der Waals surface area contributed by atoms with Crippen LogP contribution in [0, 0.1) is 5.92 Å². The number of methoxy groups -OCH3 is 1. The van der Waals surface area contributed by atoms with Crippen LogP contribution in [0.2, 0.25) is 5.02 Å². The van der Waals surface area contributed by atoms with E-state index in [1.54, 1.807) is 0 Å². The van der Waals surface area contributed by atoms with Crippen molar-refractivity contribution in [3.05, 3.63) is 23.2 Å². The summed E-state index contributed by atoms with van der Waals surface area (Å²) in [6.45, 7) is 3.38. The van der Waals surface area contributed by atoms with E-state index < -0.39 is 16.1 Å². The lowest BCUT2D eigenvalue weighted by Gasteiger charge is -2.20. The van der Waals surface area contributed by atoms with Crippen LogP contribution in [-0.2, 0) is 10.0 Å². The Labute approximate surface area is 118 Å². The normalized spacial score (nSPS) is 13.6. The molecule has 0 fully saturated rings. The van der Waals surface area contributed by atoms with Crippen LogP contribution in [0.1, 0.15) is 13.8 Å². The molecule has 2 N–H and O–H groups in total. The molecule has 0 aliphatic carbocycles. The molecule has 1 aromatic rings. The number of rotatable bonds is 6. The van der Waals surface area contributed by atoms with Crippen molar-refractivity contribution in [1.82, 2.24) is 4.72 Å². The van der Waals surface area contributed by atoms with E-state index >= 15 is 0 Å². The Morgan fingerprint density at radius 1 is 1.42 bits per heavy atom. The molecule has 0 aromatic heterocycles. The summed E-state index contributed by atoms with van der Waals surface area (Å²) in [6, 6.07) is 3.67. The molecule has 1 rings (SSSR count). The van der Waals surface area contributed by atoms with Crippen molar-refractivity contribution < 1.29 is 18.3 Å². The van der Waals surface area contributed by atoms with E-state index in [0.717, 1.165) is 0 Å². The molecule has 0 saturated heterocycles. The first-order valence-corrected chi connectivity index (χ1v) is 7.64. The minimum atomic E-state index is -3.71. The molecular weight excluding hydrogens is 290 g/mol. The zero-order chi connectivity index (χ0) is 14.6. The van der Waals surface area contributed by atoms with Crippen LogP contribution in [0.4, 0.5) is 0 Å². The summed E-state index contributed by atoms with van der Waals surface area (Å²) in [4.78, 5) is 0.0393. The summed E-state index contributed by atoms with van der Waals surface area (Å²) >= 11 is 5.90. The summed E-state index contributed by atoms with van der Waals surface area (Å²) < 4.78 is 31.7. The molecule has 5 nitrogen and oxygen atoms in total. The number of ether oxygens (including phenoxy) is 1. The molecule has 0 bridgehead atoms. The highest BCUT2D eigenvalue weighted by Gasteiger charge is 2.22. The van der Waals surface area contributed by atoms with E-state index in [1.807, 2.05) is 13.8 Å². The van der Waals surface area contributed by atoms with Gasteiger partial charge in [0.1, 0.15) is 5.75 Å². The van der Waals surface area contributed by atoms with Gasteiger partial charge in [0.25, 0.3) is 0 Å². The minimum absolute atomic E-state index is 0.0199. The Balaban J connectivity index is 3.03. The fourth-order valence-electron chi connectivity index (χ4n) is 1.47. The van der Waals surface area contributed by atoms with Gasteiger partial charge in [0, 0.05) is 6.04 Å². The monoisotopic (exact) mass is 307 g/mol. The molecule has 0 radical (unpaired) electrons. The Morgan fingerprint density at radius 3 is 2.47 bits per heavy atom. The maximum atomic E-state index is 12.1. The Morgan fingerprint density at radius 2 is 2.05 bits per heavy atom. The van der Waals surface area contributed by atoms with Crippen LogP contribution < -0.4 is 9.46 Å². The van der Waals surface area contributed by atoms with E-state index in [-0.39, 0.29) is 22.4 Å². The standard InChI is InChI=1S/C12H18ClNO4S/c1-8(2)11(7-15)14-19(16,17)9-4-5-12(18-3)10(13)6-9/h4-6,8,11,14-15H,7H2,1-3H3. The lowest BCUT2D eigenvalue weighted by Crippen LogP contribution is -2.41. The number of benzene rings is 1. The zero-order valence-corrected chi connectivity index (χ0v) is 12.6. The highest BCUT2D eigenvalue weighted by Crippen LogP contribution is 2.27. The average Bonchev–Trinajstić information content (AvgIpc) is 2.35. The molecule has 0 aliphatic heterocycles. The lowest BCUT2D eigenvalue weighted by atomic mass is 10.1. The van der Waals surface area contributed by atoms with Gasteiger partial charge in [-0.1, -0.05) is 25.4 Å². The van der Waals surface area contributed by atoms with E-state index in [0.29, 0.717) is 5.75 Å². The van der Waals surface area contributed by atoms with Gasteiger partial charge in [-0.05, 0) is 24.1 Å². The Hall–Kier alpha value is -0.820. The molecule has 1 atom stereocenters. The predicted octanol–water partition coefficient (Wildman–Crippen LogP) is 1.64. The van der Waals surface area contributed by atoms with Gasteiger partial charge >= 0.3 is 0 Å².